The van der Waals surface area contributed by atoms with Crippen LogP contribution in [-0.4, -0.2) is 15.9 Å². The van der Waals surface area contributed by atoms with Crippen LogP contribution in [-0.2, 0) is 15.6 Å². The predicted molar refractivity (Wildman–Crippen MR) is 38.4 cm³/mol. The second-order valence-corrected chi connectivity index (χ2v) is 3.25. The molecule has 1 heterocycles. The number of allylic oxidation sites excluding steroid dienone is 1. The van der Waals surface area contributed by atoms with Gasteiger partial charge >= 0.3 is 0 Å². The van der Waals surface area contributed by atoms with Crippen LogP contribution in [0.3, 0.4) is 0 Å². The minimum absolute atomic E-state index is 0.0460. The third kappa shape index (κ3) is 1.83. The highest BCUT2D eigenvalue weighted by atomic mass is 32.2. The van der Waals surface area contributed by atoms with E-state index in [1.165, 1.54) is 5.41 Å². The lowest BCUT2D eigenvalue weighted by atomic mass is 10.5. The van der Waals surface area contributed by atoms with Crippen LogP contribution in [0.5, 0.6) is 0 Å². The molecule has 0 aromatic heterocycles. The number of carbonyl (C=O) groups excluding carboxylic acids is 1. The summed E-state index contributed by atoms with van der Waals surface area (Å²) in [4.78, 5) is 10.7. The molecule has 54 valence electrons. The van der Waals surface area contributed by atoms with Crippen molar-refractivity contribution >= 4 is 16.7 Å². The monoisotopic (exact) mass is 157 g/mol. The van der Waals surface area contributed by atoms with Crippen molar-refractivity contribution in [2.24, 2.45) is 0 Å². The molecule has 4 heteroatoms. The van der Waals surface area contributed by atoms with Crippen molar-refractivity contribution in [3.8, 4) is 0 Å². The Bertz CT molecular complexity index is 250. The minimum atomic E-state index is -1.18. The summed E-state index contributed by atoms with van der Waals surface area (Å²) in [5, 5.41) is 3.91. The van der Waals surface area contributed by atoms with Gasteiger partial charge in [-0.25, -0.2) is 0 Å². The lowest BCUT2D eigenvalue weighted by Gasteiger charge is -1.96. The normalized spacial score (nSPS) is 25.1. The van der Waals surface area contributed by atoms with Gasteiger partial charge in [0, 0.05) is 5.41 Å². The largest absolute Gasteiger partial charge is 0.322 e. The van der Waals surface area contributed by atoms with Gasteiger partial charge in [-0.3, -0.25) is 9.00 Å². The van der Waals surface area contributed by atoms with E-state index in [-0.39, 0.29) is 11.7 Å². The summed E-state index contributed by atoms with van der Waals surface area (Å²) < 4.78 is 10.8. The van der Waals surface area contributed by atoms with E-state index in [0.717, 1.165) is 0 Å². The van der Waals surface area contributed by atoms with Crippen LogP contribution >= 0.6 is 0 Å². The highest BCUT2D eigenvalue weighted by Gasteiger charge is 2.07. The van der Waals surface area contributed by atoms with Crippen molar-refractivity contribution in [2.75, 3.05) is 5.75 Å². The summed E-state index contributed by atoms with van der Waals surface area (Å²) in [5.41, 5.74) is 3.31. The van der Waals surface area contributed by atoms with Crippen LogP contribution in [0.2, 0.25) is 0 Å². The molecule has 1 amide bonds. The molecule has 1 atom stereocenters. The zero-order valence-electron chi connectivity index (χ0n) is 5.51. The van der Waals surface area contributed by atoms with Gasteiger partial charge in [-0.15, -0.1) is 0 Å². The molecule has 0 saturated heterocycles. The van der Waals surface area contributed by atoms with Gasteiger partial charge in [0.2, 0.25) is 5.91 Å². The van der Waals surface area contributed by atoms with E-state index in [1.54, 1.807) is 6.92 Å². The van der Waals surface area contributed by atoms with Crippen LogP contribution in [0.4, 0.5) is 0 Å². The third-order valence-corrected chi connectivity index (χ3v) is 1.93. The Balaban J connectivity index is 2.88. The number of hydrogen-bond donors (Lipinski definition) is 1. The summed E-state index contributed by atoms with van der Waals surface area (Å²) in [5.74, 6) is -0.165. The summed E-state index contributed by atoms with van der Waals surface area (Å²) in [7, 11) is -1.18. The Labute approximate surface area is 61.3 Å². The first-order chi connectivity index (χ1) is 4.68. The molecule has 0 aliphatic carbocycles. The maximum atomic E-state index is 10.8. The van der Waals surface area contributed by atoms with Crippen LogP contribution in [0.1, 0.15) is 6.92 Å². The van der Waals surface area contributed by atoms with Crippen LogP contribution in [0, 0.1) is 0 Å². The second kappa shape index (κ2) is 2.82. The van der Waals surface area contributed by atoms with Crippen molar-refractivity contribution in [1.29, 1.82) is 0 Å². The maximum absolute atomic E-state index is 10.8. The van der Waals surface area contributed by atoms with Crippen molar-refractivity contribution in [2.45, 2.75) is 6.92 Å². The quantitative estimate of drug-likeness (QED) is 0.498. The van der Waals surface area contributed by atoms with Gasteiger partial charge in [-0.1, -0.05) is 5.73 Å². The Hall–Kier alpha value is -0.860. The average molecular weight is 157 g/mol. The Morgan fingerprint density at radius 1 is 1.80 bits per heavy atom. The second-order valence-electron chi connectivity index (χ2n) is 1.96. The third-order valence-electron chi connectivity index (χ3n) is 1.01. The van der Waals surface area contributed by atoms with Crippen molar-refractivity contribution in [3.63, 3.8) is 0 Å². The first-order valence-electron chi connectivity index (χ1n) is 2.79. The molecule has 3 nitrogen and oxygen atoms in total. The molecular weight excluding hydrogens is 150 g/mol. The number of carbonyl (C=O) groups is 1. The van der Waals surface area contributed by atoms with E-state index in [1.807, 2.05) is 0 Å². The Morgan fingerprint density at radius 3 is 3.20 bits per heavy atom. The molecule has 0 fully saturated rings. The van der Waals surface area contributed by atoms with Crippen LogP contribution in [0.25, 0.3) is 0 Å². The molecule has 0 saturated carbocycles. The Morgan fingerprint density at radius 2 is 2.50 bits per heavy atom. The maximum Gasteiger partial charge on any atom is 0.237 e. The summed E-state index contributed by atoms with van der Waals surface area (Å²) in [6.07, 6.45) is 0. The molecule has 1 unspecified atom stereocenters. The first-order valence-corrected chi connectivity index (χ1v) is 4.17. The summed E-state index contributed by atoms with van der Waals surface area (Å²) in [6, 6.07) is 0. The van der Waals surface area contributed by atoms with Crippen molar-refractivity contribution in [3.05, 3.63) is 16.8 Å². The van der Waals surface area contributed by atoms with Crippen molar-refractivity contribution in [1.82, 2.24) is 5.32 Å². The molecule has 0 aromatic carbocycles. The van der Waals surface area contributed by atoms with Gasteiger partial charge in [0.15, 0.2) is 0 Å². The fourth-order valence-electron chi connectivity index (χ4n) is 0.606. The molecule has 1 aliphatic heterocycles. The van der Waals surface area contributed by atoms with Gasteiger partial charge in [0.1, 0.15) is 5.75 Å². The molecular formula is C6H7NO2S. The lowest BCUT2D eigenvalue weighted by Crippen LogP contribution is -2.24. The summed E-state index contributed by atoms with van der Waals surface area (Å²) >= 11 is 0. The SMILES string of the molecule is CC1=C=CS(=O)CC(=O)N1. The zero-order valence-corrected chi connectivity index (χ0v) is 6.33. The van der Waals surface area contributed by atoms with E-state index in [0.29, 0.717) is 5.70 Å². The fourth-order valence-corrected chi connectivity index (χ4v) is 1.33. The van der Waals surface area contributed by atoms with Crippen LogP contribution < -0.4 is 5.32 Å². The smallest absolute Gasteiger partial charge is 0.237 e. The molecule has 1 rings (SSSR count). The molecule has 0 bridgehead atoms. The lowest BCUT2D eigenvalue weighted by molar-refractivity contribution is -0.117. The van der Waals surface area contributed by atoms with Gasteiger partial charge in [0.25, 0.3) is 0 Å². The standard InChI is InChI=1S/C6H7NO2S/c1-5-2-3-10(9)4-6(8)7-5/h3H,4H2,1H3,(H,7,8). The minimum Gasteiger partial charge on any atom is -0.322 e. The predicted octanol–water partition coefficient (Wildman–Crippen LogP) is -0.119. The van der Waals surface area contributed by atoms with Gasteiger partial charge < -0.3 is 5.32 Å². The topological polar surface area (TPSA) is 46.2 Å². The average Bonchev–Trinajstić information content (AvgIpc) is 1.93. The number of amides is 1. The van der Waals surface area contributed by atoms with Crippen LogP contribution in [0.15, 0.2) is 16.8 Å². The number of hydrogen-bond acceptors (Lipinski definition) is 2. The molecule has 1 aliphatic rings. The van der Waals surface area contributed by atoms with Gasteiger partial charge in [-0.05, 0) is 6.92 Å². The summed E-state index contributed by atoms with van der Waals surface area (Å²) in [6.45, 7) is 1.71. The highest BCUT2D eigenvalue weighted by Crippen LogP contribution is 1.93. The van der Waals surface area contributed by atoms with E-state index in [2.05, 4.69) is 11.0 Å². The van der Waals surface area contributed by atoms with Gasteiger partial charge in [0.05, 0.1) is 16.5 Å². The number of nitrogens with one attached hydrogen (secondary N) is 1. The van der Waals surface area contributed by atoms with Gasteiger partial charge in [-0.2, -0.15) is 0 Å². The fraction of sp³-hybridized carbons (Fsp3) is 0.333. The zero-order chi connectivity index (χ0) is 7.56. The molecule has 0 spiro atoms. The highest BCUT2D eigenvalue weighted by molar-refractivity contribution is 7.88. The molecule has 10 heavy (non-hydrogen) atoms. The van der Waals surface area contributed by atoms with E-state index >= 15 is 0 Å². The number of rotatable bonds is 0. The van der Waals surface area contributed by atoms with E-state index in [9.17, 15) is 9.00 Å². The van der Waals surface area contributed by atoms with E-state index < -0.39 is 10.8 Å². The molecule has 0 radical (unpaired) electrons. The van der Waals surface area contributed by atoms with Crippen molar-refractivity contribution < 1.29 is 9.00 Å². The van der Waals surface area contributed by atoms with E-state index in [4.69, 9.17) is 0 Å². The molecule has 0 aromatic rings. The molecule has 1 N–H and O–H groups in total. The first kappa shape index (κ1) is 7.25. The Kier molecular flexibility index (Phi) is 2.04.